The van der Waals surface area contributed by atoms with Gasteiger partial charge in [-0.25, -0.2) is 9.97 Å². The maximum atomic E-state index is 12.9. The molecule has 6 rings (SSSR count). The van der Waals surface area contributed by atoms with Gasteiger partial charge in [0.2, 0.25) is 5.91 Å². The number of aryl methyl sites for hydroxylation is 1. The van der Waals surface area contributed by atoms with E-state index in [1.807, 2.05) is 54.3 Å². The highest BCUT2D eigenvalue weighted by atomic mass is 35.5. The standard InChI is InChI=1S/C30H31ClN6O2S/c1-20-6-4-7-22(34-20)18-39-25-10-9-21(16-24(25)31)35-29-28-23-11-15-37(17-26(23)40-30(28)33-19-32-29)27(38)8-5-14-36-12-2-3-13-36/h4-10,16,19H,2-3,11-15,17-18H2,1H3,(H,32,33,35)/b8-5+. The van der Waals surface area contributed by atoms with Crippen LogP contribution in [-0.2, 0) is 24.4 Å². The number of nitrogens with one attached hydrogen (secondary N) is 1. The molecule has 4 aromatic rings. The van der Waals surface area contributed by atoms with Crippen LogP contribution in [0.2, 0.25) is 5.02 Å². The van der Waals surface area contributed by atoms with E-state index in [0.717, 1.165) is 64.0 Å². The van der Waals surface area contributed by atoms with Gasteiger partial charge in [-0.15, -0.1) is 11.3 Å². The number of benzene rings is 1. The van der Waals surface area contributed by atoms with Crippen LogP contribution >= 0.6 is 22.9 Å². The zero-order valence-corrected chi connectivity index (χ0v) is 24.0. The average Bonchev–Trinajstić information content (AvgIpc) is 3.60. The summed E-state index contributed by atoms with van der Waals surface area (Å²) in [5, 5.41) is 4.94. The zero-order valence-electron chi connectivity index (χ0n) is 22.4. The molecule has 1 fully saturated rings. The number of pyridine rings is 1. The first kappa shape index (κ1) is 26.7. The first-order valence-electron chi connectivity index (χ1n) is 13.6. The highest BCUT2D eigenvalue weighted by Gasteiger charge is 2.25. The lowest BCUT2D eigenvalue weighted by atomic mass is 10.0. The lowest BCUT2D eigenvalue weighted by Crippen LogP contribution is -2.34. The third kappa shape index (κ3) is 5.96. The Balaban J connectivity index is 1.14. The Bertz CT molecular complexity index is 1570. The molecule has 0 atom stereocenters. The molecule has 0 aliphatic carbocycles. The van der Waals surface area contributed by atoms with Crippen LogP contribution in [-0.4, -0.2) is 56.8 Å². The topological polar surface area (TPSA) is 83.5 Å². The fourth-order valence-corrected chi connectivity index (χ4v) is 6.69. The minimum Gasteiger partial charge on any atom is -0.486 e. The Labute approximate surface area is 242 Å². The van der Waals surface area contributed by atoms with Gasteiger partial charge in [0, 0.05) is 35.4 Å². The molecule has 0 spiro atoms. The minimum atomic E-state index is 0.0712. The van der Waals surface area contributed by atoms with Crippen LogP contribution < -0.4 is 10.1 Å². The third-order valence-electron chi connectivity index (χ3n) is 7.29. The van der Waals surface area contributed by atoms with Gasteiger partial charge in [-0.3, -0.25) is 14.7 Å². The van der Waals surface area contributed by atoms with E-state index in [1.54, 1.807) is 23.7 Å². The van der Waals surface area contributed by atoms with Gasteiger partial charge < -0.3 is 15.0 Å². The molecule has 3 aromatic heterocycles. The first-order chi connectivity index (χ1) is 19.5. The average molecular weight is 575 g/mol. The van der Waals surface area contributed by atoms with Crippen LogP contribution in [0, 0.1) is 6.92 Å². The van der Waals surface area contributed by atoms with Crippen molar-refractivity contribution in [1.29, 1.82) is 0 Å². The largest absolute Gasteiger partial charge is 0.486 e. The number of likely N-dealkylation sites (tertiary alicyclic amines) is 1. The molecule has 0 bridgehead atoms. The number of aromatic nitrogens is 3. The van der Waals surface area contributed by atoms with E-state index in [1.165, 1.54) is 18.4 Å². The fourth-order valence-electron chi connectivity index (χ4n) is 5.25. The van der Waals surface area contributed by atoms with Gasteiger partial charge >= 0.3 is 0 Å². The Kier molecular flexibility index (Phi) is 7.95. The number of carbonyl (C=O) groups excluding carboxylic acids is 1. The number of ether oxygens (including phenoxy) is 1. The van der Waals surface area contributed by atoms with Gasteiger partial charge in [-0.1, -0.05) is 23.7 Å². The van der Waals surface area contributed by atoms with E-state index >= 15 is 0 Å². The normalized spacial score (nSPS) is 15.6. The summed E-state index contributed by atoms with van der Waals surface area (Å²) in [5.74, 6) is 1.40. The Hall–Kier alpha value is -3.53. The van der Waals surface area contributed by atoms with Crippen LogP contribution in [0.1, 0.15) is 34.7 Å². The lowest BCUT2D eigenvalue weighted by molar-refractivity contribution is -0.126. The predicted molar refractivity (Wildman–Crippen MR) is 159 cm³/mol. The molecule has 0 radical (unpaired) electrons. The number of thiophene rings is 1. The van der Waals surface area contributed by atoms with Gasteiger partial charge in [0.1, 0.15) is 29.3 Å². The zero-order chi connectivity index (χ0) is 27.5. The van der Waals surface area contributed by atoms with E-state index < -0.39 is 0 Å². The Morgan fingerprint density at radius 2 is 2.05 bits per heavy atom. The van der Waals surface area contributed by atoms with Crippen molar-refractivity contribution >= 4 is 50.6 Å². The number of fused-ring (bicyclic) bond motifs is 3. The second-order valence-electron chi connectivity index (χ2n) is 10.2. The van der Waals surface area contributed by atoms with Gasteiger partial charge in [-0.2, -0.15) is 0 Å². The Morgan fingerprint density at radius 1 is 1.18 bits per heavy atom. The summed E-state index contributed by atoms with van der Waals surface area (Å²) in [6.45, 7) is 6.66. The quantitative estimate of drug-likeness (QED) is 0.262. The second-order valence-corrected chi connectivity index (χ2v) is 11.6. The SMILES string of the molecule is Cc1cccc(COc2ccc(Nc3ncnc4sc5c(c34)CCN(C(=O)/C=C/CN3CCCC3)C5)cc2Cl)n1. The third-order valence-corrected chi connectivity index (χ3v) is 8.71. The van der Waals surface area contributed by atoms with Gasteiger partial charge in [0.25, 0.3) is 0 Å². The summed E-state index contributed by atoms with van der Waals surface area (Å²) in [4.78, 5) is 32.8. The van der Waals surface area contributed by atoms with Crippen molar-refractivity contribution < 1.29 is 9.53 Å². The monoisotopic (exact) mass is 574 g/mol. The van der Waals surface area contributed by atoms with Crippen molar-refractivity contribution in [2.45, 2.75) is 39.3 Å². The molecule has 8 nitrogen and oxygen atoms in total. The van der Waals surface area contributed by atoms with Crippen LogP contribution in [0.25, 0.3) is 10.2 Å². The van der Waals surface area contributed by atoms with Crippen molar-refractivity contribution in [3.05, 3.63) is 81.7 Å². The summed E-state index contributed by atoms with van der Waals surface area (Å²) in [6.07, 6.45) is 8.58. The number of rotatable bonds is 8. The second kappa shape index (κ2) is 11.9. The smallest absolute Gasteiger partial charge is 0.246 e. The summed E-state index contributed by atoms with van der Waals surface area (Å²) in [6, 6.07) is 11.5. The van der Waals surface area contributed by atoms with Gasteiger partial charge in [0.05, 0.1) is 22.6 Å². The van der Waals surface area contributed by atoms with Crippen molar-refractivity contribution in [1.82, 2.24) is 24.8 Å². The molecule has 206 valence electrons. The van der Waals surface area contributed by atoms with Crippen molar-refractivity contribution in [2.75, 3.05) is 31.5 Å². The predicted octanol–water partition coefficient (Wildman–Crippen LogP) is 5.91. The van der Waals surface area contributed by atoms with Crippen LogP contribution in [0.4, 0.5) is 11.5 Å². The maximum absolute atomic E-state index is 12.9. The molecule has 0 unspecified atom stereocenters. The number of amides is 1. The van der Waals surface area contributed by atoms with Crippen molar-refractivity contribution in [3.8, 4) is 5.75 Å². The molecular formula is C30H31ClN6O2S. The van der Waals surface area contributed by atoms with E-state index in [9.17, 15) is 4.79 Å². The summed E-state index contributed by atoms with van der Waals surface area (Å²) < 4.78 is 5.91. The van der Waals surface area contributed by atoms with Crippen molar-refractivity contribution in [2.24, 2.45) is 0 Å². The molecule has 1 N–H and O–H groups in total. The van der Waals surface area contributed by atoms with E-state index in [4.69, 9.17) is 16.3 Å². The van der Waals surface area contributed by atoms with Crippen molar-refractivity contribution in [3.63, 3.8) is 0 Å². The molecular weight excluding hydrogens is 544 g/mol. The molecule has 1 amide bonds. The molecule has 40 heavy (non-hydrogen) atoms. The number of hydrogen-bond acceptors (Lipinski definition) is 8. The highest BCUT2D eigenvalue weighted by molar-refractivity contribution is 7.19. The number of carbonyl (C=O) groups is 1. The molecule has 10 heteroatoms. The van der Waals surface area contributed by atoms with Gasteiger partial charge in [-0.05, 0) is 75.2 Å². The van der Waals surface area contributed by atoms with Crippen LogP contribution in [0.5, 0.6) is 5.75 Å². The lowest BCUT2D eigenvalue weighted by Gasteiger charge is -2.26. The number of nitrogens with zero attached hydrogens (tertiary/aromatic N) is 5. The summed E-state index contributed by atoms with van der Waals surface area (Å²) in [7, 11) is 0. The molecule has 1 saturated heterocycles. The first-order valence-corrected chi connectivity index (χ1v) is 14.8. The van der Waals surface area contributed by atoms with Crippen LogP contribution in [0.3, 0.4) is 0 Å². The number of anilines is 2. The molecule has 0 saturated carbocycles. The molecule has 1 aromatic carbocycles. The molecule has 5 heterocycles. The van der Waals surface area contributed by atoms with E-state index in [-0.39, 0.29) is 5.91 Å². The maximum Gasteiger partial charge on any atom is 0.246 e. The minimum absolute atomic E-state index is 0.0712. The van der Waals surface area contributed by atoms with Gasteiger partial charge in [0.15, 0.2) is 0 Å². The summed E-state index contributed by atoms with van der Waals surface area (Å²) >= 11 is 8.19. The molecule has 2 aliphatic rings. The van der Waals surface area contributed by atoms with E-state index in [0.29, 0.717) is 30.5 Å². The van der Waals surface area contributed by atoms with E-state index in [2.05, 4.69) is 25.2 Å². The highest BCUT2D eigenvalue weighted by Crippen LogP contribution is 2.39. The summed E-state index contributed by atoms with van der Waals surface area (Å²) in [5.41, 5.74) is 3.82. The Morgan fingerprint density at radius 3 is 2.88 bits per heavy atom. The fraction of sp³-hybridized carbons (Fsp3) is 0.333. The molecule has 2 aliphatic heterocycles. The number of hydrogen-bond donors (Lipinski definition) is 1. The van der Waals surface area contributed by atoms with Crippen LogP contribution in [0.15, 0.2) is 54.9 Å². The number of halogens is 1.